The number of carbonyl (C=O) groups is 2. The second-order valence-electron chi connectivity index (χ2n) is 5.43. The molecule has 1 aromatic carbocycles. The Kier molecular flexibility index (Phi) is 4.09. The molecule has 2 N–H and O–H groups in total. The summed E-state index contributed by atoms with van der Waals surface area (Å²) in [7, 11) is 0. The first-order valence-corrected chi connectivity index (χ1v) is 7.62. The number of hydrogen-bond donors (Lipinski definition) is 2. The summed E-state index contributed by atoms with van der Waals surface area (Å²) in [6, 6.07) is 8.81. The Morgan fingerprint density at radius 3 is 2.50 bits per heavy atom. The van der Waals surface area contributed by atoms with Gasteiger partial charge in [0.2, 0.25) is 5.91 Å². The van der Waals surface area contributed by atoms with Crippen LogP contribution >= 0.6 is 11.8 Å². The molecule has 20 heavy (non-hydrogen) atoms. The third-order valence-corrected chi connectivity index (χ3v) is 5.36. The SMILES string of the molecule is CC1(C(=O)NC(C)(C(=O)O)c2ccccc2)CCCS1. The summed E-state index contributed by atoms with van der Waals surface area (Å²) < 4.78 is -0.522. The van der Waals surface area contributed by atoms with Crippen molar-refractivity contribution in [2.24, 2.45) is 0 Å². The molecule has 1 aliphatic heterocycles. The number of thioether (sulfide) groups is 1. The summed E-state index contributed by atoms with van der Waals surface area (Å²) in [5.41, 5.74) is -0.822. The first-order chi connectivity index (χ1) is 9.38. The molecule has 4 nitrogen and oxygen atoms in total. The van der Waals surface area contributed by atoms with E-state index >= 15 is 0 Å². The van der Waals surface area contributed by atoms with Crippen LogP contribution in [0.4, 0.5) is 0 Å². The molecule has 1 aliphatic rings. The lowest BCUT2D eigenvalue weighted by molar-refractivity contribution is -0.147. The van der Waals surface area contributed by atoms with Crippen LogP contribution < -0.4 is 5.32 Å². The van der Waals surface area contributed by atoms with Crippen LogP contribution in [-0.4, -0.2) is 27.5 Å². The lowest BCUT2D eigenvalue weighted by Gasteiger charge is -2.31. The smallest absolute Gasteiger partial charge is 0.333 e. The minimum Gasteiger partial charge on any atom is -0.479 e. The number of carbonyl (C=O) groups excluding carboxylic acids is 1. The van der Waals surface area contributed by atoms with Gasteiger partial charge in [-0.2, -0.15) is 0 Å². The van der Waals surface area contributed by atoms with Crippen molar-refractivity contribution >= 4 is 23.6 Å². The van der Waals surface area contributed by atoms with E-state index in [-0.39, 0.29) is 5.91 Å². The van der Waals surface area contributed by atoms with Gasteiger partial charge in [0.1, 0.15) is 0 Å². The van der Waals surface area contributed by atoms with Gasteiger partial charge in [-0.05, 0) is 38.0 Å². The molecule has 1 aromatic rings. The van der Waals surface area contributed by atoms with Gasteiger partial charge in [-0.25, -0.2) is 4.79 Å². The minimum atomic E-state index is -1.40. The minimum absolute atomic E-state index is 0.200. The Balaban J connectivity index is 2.26. The predicted octanol–water partition coefficient (Wildman–Crippen LogP) is 2.39. The summed E-state index contributed by atoms with van der Waals surface area (Å²) in [5.74, 6) is -0.309. The van der Waals surface area contributed by atoms with Crippen molar-refractivity contribution in [2.45, 2.75) is 37.0 Å². The Labute approximate surface area is 123 Å². The number of rotatable bonds is 4. The first-order valence-electron chi connectivity index (χ1n) is 6.64. The molecule has 0 spiro atoms. The average Bonchev–Trinajstić information content (AvgIpc) is 2.87. The second-order valence-corrected chi connectivity index (χ2v) is 7.03. The van der Waals surface area contributed by atoms with Crippen molar-refractivity contribution in [1.82, 2.24) is 5.32 Å². The molecule has 0 aliphatic carbocycles. The number of carboxylic acids is 1. The lowest BCUT2D eigenvalue weighted by Crippen LogP contribution is -2.54. The van der Waals surface area contributed by atoms with Gasteiger partial charge in [-0.3, -0.25) is 4.79 Å². The predicted molar refractivity (Wildman–Crippen MR) is 79.7 cm³/mol. The molecule has 1 amide bonds. The van der Waals surface area contributed by atoms with E-state index in [1.807, 2.05) is 13.0 Å². The topological polar surface area (TPSA) is 66.4 Å². The van der Waals surface area contributed by atoms with E-state index < -0.39 is 16.3 Å². The van der Waals surface area contributed by atoms with Crippen LogP contribution in [0.1, 0.15) is 32.3 Å². The molecule has 1 heterocycles. The number of aliphatic carboxylic acids is 1. The van der Waals surface area contributed by atoms with Crippen LogP contribution in [0.3, 0.4) is 0 Å². The van der Waals surface area contributed by atoms with Crippen molar-refractivity contribution in [3.63, 3.8) is 0 Å². The Bertz CT molecular complexity index is 511. The van der Waals surface area contributed by atoms with E-state index in [9.17, 15) is 14.7 Å². The van der Waals surface area contributed by atoms with Gasteiger partial charge in [-0.15, -0.1) is 11.8 Å². The Morgan fingerprint density at radius 2 is 2.00 bits per heavy atom. The van der Waals surface area contributed by atoms with Gasteiger partial charge < -0.3 is 10.4 Å². The molecule has 0 aromatic heterocycles. The standard InChI is InChI=1S/C15H19NO3S/c1-14(9-6-10-20-14)12(17)16-15(2,13(18)19)11-7-4-3-5-8-11/h3-5,7-8H,6,9-10H2,1-2H3,(H,16,17)(H,18,19). The molecule has 2 atom stereocenters. The molecule has 2 unspecified atom stereocenters. The number of benzene rings is 1. The monoisotopic (exact) mass is 293 g/mol. The van der Waals surface area contributed by atoms with Gasteiger partial charge in [0, 0.05) is 0 Å². The van der Waals surface area contributed by atoms with Crippen LogP contribution in [-0.2, 0) is 15.1 Å². The number of amides is 1. The first kappa shape index (κ1) is 14.9. The van der Waals surface area contributed by atoms with E-state index in [1.165, 1.54) is 6.92 Å². The van der Waals surface area contributed by atoms with Gasteiger partial charge in [0.25, 0.3) is 0 Å². The summed E-state index contributed by atoms with van der Waals surface area (Å²) >= 11 is 1.60. The van der Waals surface area contributed by atoms with Crippen LogP contribution in [0.2, 0.25) is 0 Å². The zero-order valence-corrected chi connectivity index (χ0v) is 12.5. The highest BCUT2D eigenvalue weighted by Crippen LogP contribution is 2.38. The van der Waals surface area contributed by atoms with Crippen molar-refractivity contribution in [3.8, 4) is 0 Å². The Hall–Kier alpha value is -1.49. The molecular weight excluding hydrogens is 274 g/mol. The third kappa shape index (κ3) is 2.68. The summed E-state index contributed by atoms with van der Waals surface area (Å²) in [4.78, 5) is 24.1. The van der Waals surface area contributed by atoms with Crippen molar-refractivity contribution in [3.05, 3.63) is 35.9 Å². The van der Waals surface area contributed by atoms with E-state index in [0.717, 1.165) is 18.6 Å². The molecule has 108 valence electrons. The Morgan fingerprint density at radius 1 is 1.35 bits per heavy atom. The maximum atomic E-state index is 12.5. The second kappa shape index (κ2) is 5.48. The highest BCUT2D eigenvalue weighted by molar-refractivity contribution is 8.01. The van der Waals surface area contributed by atoms with Crippen molar-refractivity contribution in [2.75, 3.05) is 5.75 Å². The fourth-order valence-electron chi connectivity index (χ4n) is 2.34. The summed E-state index contributed by atoms with van der Waals surface area (Å²) in [6.07, 6.45) is 1.78. The van der Waals surface area contributed by atoms with Crippen LogP contribution in [0.5, 0.6) is 0 Å². The molecule has 2 rings (SSSR count). The van der Waals surface area contributed by atoms with Gasteiger partial charge in [-0.1, -0.05) is 30.3 Å². The van der Waals surface area contributed by atoms with E-state index in [4.69, 9.17) is 0 Å². The fraction of sp³-hybridized carbons (Fsp3) is 0.467. The van der Waals surface area contributed by atoms with Crippen molar-refractivity contribution < 1.29 is 14.7 Å². The highest BCUT2D eigenvalue weighted by Gasteiger charge is 2.44. The zero-order chi connectivity index (χ0) is 14.8. The van der Waals surface area contributed by atoms with Crippen LogP contribution in [0.15, 0.2) is 30.3 Å². The lowest BCUT2D eigenvalue weighted by atomic mass is 9.91. The summed E-state index contributed by atoms with van der Waals surface area (Å²) in [5, 5.41) is 12.3. The number of carboxylic acid groups (broad SMARTS) is 1. The molecule has 1 saturated heterocycles. The van der Waals surface area contributed by atoms with E-state index in [2.05, 4.69) is 5.32 Å². The number of nitrogens with one attached hydrogen (secondary N) is 1. The molecule has 5 heteroatoms. The number of hydrogen-bond acceptors (Lipinski definition) is 3. The maximum absolute atomic E-state index is 12.5. The van der Waals surface area contributed by atoms with E-state index in [1.54, 1.807) is 36.0 Å². The van der Waals surface area contributed by atoms with Crippen LogP contribution in [0.25, 0.3) is 0 Å². The van der Waals surface area contributed by atoms with E-state index in [0.29, 0.717) is 5.56 Å². The molecule has 0 bridgehead atoms. The molecular formula is C15H19NO3S. The third-order valence-electron chi connectivity index (χ3n) is 3.84. The molecule has 0 radical (unpaired) electrons. The van der Waals surface area contributed by atoms with Crippen LogP contribution in [0, 0.1) is 0 Å². The molecule has 0 saturated carbocycles. The zero-order valence-electron chi connectivity index (χ0n) is 11.7. The average molecular weight is 293 g/mol. The van der Waals surface area contributed by atoms with Crippen molar-refractivity contribution in [1.29, 1.82) is 0 Å². The largest absolute Gasteiger partial charge is 0.479 e. The quantitative estimate of drug-likeness (QED) is 0.894. The molecule has 1 fully saturated rings. The fourth-order valence-corrected chi connectivity index (χ4v) is 3.55. The maximum Gasteiger partial charge on any atom is 0.333 e. The van der Waals surface area contributed by atoms with Gasteiger partial charge in [0.05, 0.1) is 4.75 Å². The highest BCUT2D eigenvalue weighted by atomic mass is 32.2. The summed E-state index contributed by atoms with van der Waals surface area (Å²) in [6.45, 7) is 3.42. The van der Waals surface area contributed by atoms with Gasteiger partial charge in [0.15, 0.2) is 5.54 Å². The normalized spacial score (nSPS) is 24.9. The van der Waals surface area contributed by atoms with Gasteiger partial charge >= 0.3 is 5.97 Å².